The minimum Gasteiger partial charge on any atom is -0.382 e. The number of benzene rings is 2. The highest BCUT2D eigenvalue weighted by atomic mass is 19.1. The van der Waals surface area contributed by atoms with Crippen LogP contribution in [0.5, 0.6) is 0 Å². The molecule has 0 aliphatic rings. The van der Waals surface area contributed by atoms with Crippen LogP contribution in [0.15, 0.2) is 61.4 Å². The summed E-state index contributed by atoms with van der Waals surface area (Å²) in [6.07, 6.45) is 2.33. The molecule has 10 heteroatoms. The normalized spacial score (nSPS) is 11.0. The van der Waals surface area contributed by atoms with Crippen molar-refractivity contribution in [3.63, 3.8) is 0 Å². The van der Waals surface area contributed by atoms with Gasteiger partial charge in [-0.2, -0.15) is 0 Å². The van der Waals surface area contributed by atoms with Gasteiger partial charge in [0.25, 0.3) is 5.91 Å². The van der Waals surface area contributed by atoms with E-state index in [9.17, 15) is 14.0 Å². The summed E-state index contributed by atoms with van der Waals surface area (Å²) in [4.78, 5) is 28.1. The second kappa shape index (κ2) is 9.72. The third-order valence-corrected chi connectivity index (χ3v) is 5.26. The summed E-state index contributed by atoms with van der Waals surface area (Å²) in [6.45, 7) is 7.98. The monoisotopic (exact) mass is 473 g/mol. The molecule has 4 rings (SSSR count). The molecule has 4 N–H and O–H groups in total. The number of anilines is 2. The van der Waals surface area contributed by atoms with Gasteiger partial charge >= 0.3 is 0 Å². The number of hydrogen-bond donors (Lipinski definition) is 3. The number of nitrogen functional groups attached to an aromatic ring is 1. The van der Waals surface area contributed by atoms with Gasteiger partial charge < -0.3 is 16.4 Å². The molecule has 0 atom stereocenters. The number of aromatic nitrogens is 4. The van der Waals surface area contributed by atoms with Crippen LogP contribution in [-0.2, 0) is 4.79 Å². The van der Waals surface area contributed by atoms with Gasteiger partial charge in [-0.1, -0.05) is 38.6 Å². The van der Waals surface area contributed by atoms with E-state index in [1.165, 1.54) is 23.1 Å². The minimum atomic E-state index is -0.642. The summed E-state index contributed by atoms with van der Waals surface area (Å²) in [5, 5.41) is 14.0. The molecular weight excluding hydrogens is 449 g/mol. The zero-order valence-corrected chi connectivity index (χ0v) is 19.2. The van der Waals surface area contributed by atoms with Crippen LogP contribution < -0.4 is 16.4 Å². The molecule has 0 saturated carbocycles. The Labute approximate surface area is 200 Å². The first-order valence-corrected chi connectivity index (χ1v) is 10.9. The molecule has 0 aliphatic heterocycles. The van der Waals surface area contributed by atoms with Crippen LogP contribution in [0.4, 0.5) is 15.9 Å². The van der Waals surface area contributed by atoms with Gasteiger partial charge in [0.2, 0.25) is 5.91 Å². The number of rotatable bonds is 7. The molecule has 0 aliphatic carbocycles. The maximum atomic E-state index is 14.8. The summed E-state index contributed by atoms with van der Waals surface area (Å²) in [5.41, 5.74) is 9.25. The second-order valence-corrected chi connectivity index (χ2v) is 8.28. The van der Waals surface area contributed by atoms with Crippen LogP contribution in [0.2, 0.25) is 0 Å². The highest BCUT2D eigenvalue weighted by Crippen LogP contribution is 2.37. The standard InChI is InChI=1S/C25H24FN7O2/c1-4-20(34)31-19-10-9-17(11-18(19)26)22-21(23-24(27)29-13-30-33(23)32-22)15-5-7-16(8-6-15)25(35)28-12-14(2)3/h4-11,13-14H,1,12H2,2-3H3,(H,28,35)(H,31,34)(H2,27,29,30). The molecule has 2 amide bonds. The lowest BCUT2D eigenvalue weighted by Gasteiger charge is -2.10. The molecule has 178 valence electrons. The SMILES string of the molecule is C=CC(=O)Nc1ccc(-c2nn3ncnc(N)c3c2-c2ccc(C(=O)NCC(C)C)cc2)cc1F. The average Bonchev–Trinajstić information content (AvgIpc) is 3.24. The van der Waals surface area contributed by atoms with Gasteiger partial charge in [-0.3, -0.25) is 9.59 Å². The van der Waals surface area contributed by atoms with Crippen LogP contribution in [0.3, 0.4) is 0 Å². The van der Waals surface area contributed by atoms with E-state index in [4.69, 9.17) is 5.73 Å². The van der Waals surface area contributed by atoms with Gasteiger partial charge in [-0.15, -0.1) is 14.8 Å². The van der Waals surface area contributed by atoms with E-state index in [0.717, 1.165) is 6.08 Å². The van der Waals surface area contributed by atoms with Gasteiger partial charge in [0, 0.05) is 23.2 Å². The molecule has 2 aromatic carbocycles. The lowest BCUT2D eigenvalue weighted by Crippen LogP contribution is -2.27. The number of halogens is 1. The number of nitrogens with zero attached hydrogens (tertiary/aromatic N) is 4. The largest absolute Gasteiger partial charge is 0.382 e. The zero-order chi connectivity index (χ0) is 25.1. The van der Waals surface area contributed by atoms with Crippen molar-refractivity contribution in [2.45, 2.75) is 13.8 Å². The van der Waals surface area contributed by atoms with Crippen molar-refractivity contribution in [1.82, 2.24) is 25.1 Å². The fourth-order valence-electron chi connectivity index (χ4n) is 3.53. The Morgan fingerprint density at radius 1 is 1.17 bits per heavy atom. The van der Waals surface area contributed by atoms with Gasteiger partial charge in [-0.25, -0.2) is 9.37 Å². The van der Waals surface area contributed by atoms with Gasteiger partial charge in [0.15, 0.2) is 5.82 Å². The molecule has 9 nitrogen and oxygen atoms in total. The van der Waals surface area contributed by atoms with Gasteiger partial charge in [0.1, 0.15) is 23.4 Å². The van der Waals surface area contributed by atoms with E-state index in [-0.39, 0.29) is 17.4 Å². The Morgan fingerprint density at radius 3 is 2.54 bits per heavy atom. The number of hydrogen-bond acceptors (Lipinski definition) is 6. The van der Waals surface area contributed by atoms with Crippen LogP contribution >= 0.6 is 0 Å². The molecule has 0 saturated heterocycles. The fraction of sp³-hybridized carbons (Fsp3) is 0.160. The predicted molar refractivity (Wildman–Crippen MR) is 132 cm³/mol. The minimum absolute atomic E-state index is 0.0139. The first-order chi connectivity index (χ1) is 16.8. The summed E-state index contributed by atoms with van der Waals surface area (Å²) >= 11 is 0. The first-order valence-electron chi connectivity index (χ1n) is 10.9. The average molecular weight is 474 g/mol. The van der Waals surface area contributed by atoms with Crippen molar-refractivity contribution in [2.24, 2.45) is 5.92 Å². The summed E-state index contributed by atoms with van der Waals surface area (Å²) < 4.78 is 16.1. The van der Waals surface area contributed by atoms with E-state index in [0.29, 0.717) is 45.9 Å². The lowest BCUT2D eigenvalue weighted by molar-refractivity contribution is -0.111. The molecule has 2 heterocycles. The number of fused-ring (bicyclic) bond motifs is 1. The molecule has 35 heavy (non-hydrogen) atoms. The number of amides is 2. The number of nitrogens with two attached hydrogens (primary N) is 1. The number of nitrogens with one attached hydrogen (secondary N) is 2. The molecule has 0 radical (unpaired) electrons. The first kappa shape index (κ1) is 23.6. The Kier molecular flexibility index (Phi) is 6.54. The zero-order valence-electron chi connectivity index (χ0n) is 19.2. The third kappa shape index (κ3) is 4.86. The molecule has 0 bridgehead atoms. The van der Waals surface area contributed by atoms with Crippen molar-refractivity contribution in [3.8, 4) is 22.4 Å². The van der Waals surface area contributed by atoms with Crippen LogP contribution in [0.25, 0.3) is 27.9 Å². The highest BCUT2D eigenvalue weighted by Gasteiger charge is 2.21. The van der Waals surface area contributed by atoms with E-state index in [1.54, 1.807) is 30.3 Å². The molecule has 4 aromatic rings. The van der Waals surface area contributed by atoms with Crippen molar-refractivity contribution in [3.05, 3.63) is 72.8 Å². The second-order valence-electron chi connectivity index (χ2n) is 8.28. The third-order valence-electron chi connectivity index (χ3n) is 5.26. The fourth-order valence-corrected chi connectivity index (χ4v) is 3.53. The molecular formula is C25H24FN7O2. The lowest BCUT2D eigenvalue weighted by atomic mass is 9.98. The van der Waals surface area contributed by atoms with Crippen molar-refractivity contribution < 1.29 is 14.0 Å². The van der Waals surface area contributed by atoms with E-state index >= 15 is 0 Å². The number of carbonyl (C=O) groups excluding carboxylic acids is 2. The van der Waals surface area contributed by atoms with Crippen molar-refractivity contribution in [1.29, 1.82) is 0 Å². The van der Waals surface area contributed by atoms with Crippen LogP contribution in [-0.4, -0.2) is 38.2 Å². The Morgan fingerprint density at radius 2 is 1.89 bits per heavy atom. The predicted octanol–water partition coefficient (Wildman–Crippen LogP) is 3.69. The van der Waals surface area contributed by atoms with Crippen LogP contribution in [0.1, 0.15) is 24.2 Å². The molecule has 2 aromatic heterocycles. The maximum Gasteiger partial charge on any atom is 0.251 e. The maximum absolute atomic E-state index is 14.8. The smallest absolute Gasteiger partial charge is 0.251 e. The Hall–Kier alpha value is -4.60. The topological polar surface area (TPSA) is 127 Å². The van der Waals surface area contributed by atoms with E-state index in [1.807, 2.05) is 13.8 Å². The summed E-state index contributed by atoms with van der Waals surface area (Å²) in [6, 6.07) is 11.3. The van der Waals surface area contributed by atoms with Gasteiger partial charge in [0.05, 0.1) is 5.69 Å². The highest BCUT2D eigenvalue weighted by molar-refractivity contribution is 6.00. The quantitative estimate of drug-likeness (QED) is 0.351. The van der Waals surface area contributed by atoms with Gasteiger partial charge in [-0.05, 0) is 41.8 Å². The summed E-state index contributed by atoms with van der Waals surface area (Å²) in [7, 11) is 0. The molecule has 0 spiro atoms. The molecule has 0 fully saturated rings. The molecule has 0 unspecified atom stereocenters. The number of carbonyl (C=O) groups is 2. The summed E-state index contributed by atoms with van der Waals surface area (Å²) in [5.74, 6) is -0.808. The van der Waals surface area contributed by atoms with E-state index < -0.39 is 11.7 Å². The Balaban J connectivity index is 1.79. The van der Waals surface area contributed by atoms with Crippen molar-refractivity contribution >= 4 is 28.8 Å². The van der Waals surface area contributed by atoms with Crippen molar-refractivity contribution in [2.75, 3.05) is 17.6 Å². The van der Waals surface area contributed by atoms with E-state index in [2.05, 4.69) is 32.4 Å². The van der Waals surface area contributed by atoms with Crippen LogP contribution in [0, 0.1) is 11.7 Å². The Bertz CT molecular complexity index is 1430.